The highest BCUT2D eigenvalue weighted by atomic mass is 35.5. The summed E-state index contributed by atoms with van der Waals surface area (Å²) in [5, 5.41) is 7.92. The number of carbonyl (C=O) groups excluding carboxylic acids is 1. The molecule has 0 radical (unpaired) electrons. The van der Waals surface area contributed by atoms with Crippen molar-refractivity contribution in [1.82, 2.24) is 19.9 Å². The number of nitrogens with zero attached hydrogens (tertiary/aromatic N) is 4. The maximum absolute atomic E-state index is 12.2. The fourth-order valence-corrected chi connectivity index (χ4v) is 2.81. The molecule has 0 atom stereocenters. The number of hydrogen-bond acceptors (Lipinski definition) is 4. The molecule has 1 aromatic carbocycles. The lowest BCUT2D eigenvalue weighted by Gasteiger charge is -2.40. The van der Waals surface area contributed by atoms with Gasteiger partial charge in [-0.3, -0.25) is 4.79 Å². The summed E-state index contributed by atoms with van der Waals surface area (Å²) in [6, 6.07) is 10.8. The van der Waals surface area contributed by atoms with Crippen LogP contribution in [0.25, 0.3) is 5.65 Å². The van der Waals surface area contributed by atoms with Crippen molar-refractivity contribution in [3.05, 3.63) is 59.4 Å². The zero-order chi connectivity index (χ0) is 15.8. The Hall–Kier alpha value is -2.60. The predicted octanol–water partition coefficient (Wildman–Crippen LogP) is 2.00. The maximum Gasteiger partial charge on any atom is 0.251 e. The van der Waals surface area contributed by atoms with Gasteiger partial charge >= 0.3 is 0 Å². The van der Waals surface area contributed by atoms with E-state index in [1.807, 2.05) is 12.1 Å². The minimum Gasteiger partial charge on any atom is -0.352 e. The van der Waals surface area contributed by atoms with Gasteiger partial charge in [0.05, 0.1) is 12.2 Å². The number of aromatic nitrogens is 3. The van der Waals surface area contributed by atoms with Crippen LogP contribution in [0.2, 0.25) is 5.02 Å². The van der Waals surface area contributed by atoms with Crippen molar-refractivity contribution >= 4 is 29.0 Å². The SMILES string of the molecule is O=C(NC1CN(c2ccnc3ccnn23)C1)c1ccc(Cl)cc1. The van der Waals surface area contributed by atoms with Crippen molar-refractivity contribution in [3.63, 3.8) is 0 Å². The summed E-state index contributed by atoms with van der Waals surface area (Å²) in [5.41, 5.74) is 1.43. The third-order valence-electron chi connectivity index (χ3n) is 3.92. The molecule has 1 fully saturated rings. The number of halogens is 1. The fraction of sp³-hybridized carbons (Fsp3) is 0.188. The summed E-state index contributed by atoms with van der Waals surface area (Å²) < 4.78 is 1.80. The second-order valence-electron chi connectivity index (χ2n) is 5.49. The van der Waals surface area contributed by atoms with E-state index in [0.29, 0.717) is 10.6 Å². The van der Waals surface area contributed by atoms with Crippen LogP contribution in [-0.4, -0.2) is 39.6 Å². The number of nitrogens with one attached hydrogen (secondary N) is 1. The molecule has 1 N–H and O–H groups in total. The van der Waals surface area contributed by atoms with E-state index in [-0.39, 0.29) is 11.9 Å². The van der Waals surface area contributed by atoms with Gasteiger partial charge in [0.15, 0.2) is 5.65 Å². The van der Waals surface area contributed by atoms with Gasteiger partial charge in [-0.05, 0) is 30.3 Å². The lowest BCUT2D eigenvalue weighted by molar-refractivity contribution is 0.0930. The van der Waals surface area contributed by atoms with Crippen molar-refractivity contribution in [1.29, 1.82) is 0 Å². The first-order valence-corrected chi connectivity index (χ1v) is 7.68. The average molecular weight is 328 g/mol. The first kappa shape index (κ1) is 14.0. The molecule has 23 heavy (non-hydrogen) atoms. The first-order valence-electron chi connectivity index (χ1n) is 7.31. The van der Waals surface area contributed by atoms with Crippen LogP contribution in [0.1, 0.15) is 10.4 Å². The molecule has 1 aliphatic rings. The van der Waals surface area contributed by atoms with Crippen LogP contribution in [0.3, 0.4) is 0 Å². The second kappa shape index (κ2) is 5.55. The Morgan fingerprint density at radius 1 is 1.13 bits per heavy atom. The topological polar surface area (TPSA) is 62.5 Å². The second-order valence-corrected chi connectivity index (χ2v) is 5.92. The van der Waals surface area contributed by atoms with E-state index in [4.69, 9.17) is 11.6 Å². The van der Waals surface area contributed by atoms with Gasteiger partial charge in [0.1, 0.15) is 5.82 Å². The van der Waals surface area contributed by atoms with Crippen molar-refractivity contribution < 1.29 is 4.79 Å². The molecule has 0 saturated carbocycles. The third kappa shape index (κ3) is 2.61. The quantitative estimate of drug-likeness (QED) is 0.799. The lowest BCUT2D eigenvalue weighted by Crippen LogP contribution is -2.60. The van der Waals surface area contributed by atoms with Gasteiger partial charge in [-0.1, -0.05) is 11.6 Å². The Labute approximate surface area is 137 Å². The summed E-state index contributed by atoms with van der Waals surface area (Å²) in [6.45, 7) is 1.50. The van der Waals surface area contributed by atoms with Gasteiger partial charge < -0.3 is 10.2 Å². The molecule has 3 aromatic rings. The number of fused-ring (bicyclic) bond motifs is 1. The summed E-state index contributed by atoms with van der Waals surface area (Å²) in [7, 11) is 0. The Kier molecular flexibility index (Phi) is 3.38. The molecule has 7 heteroatoms. The van der Waals surface area contributed by atoms with E-state index >= 15 is 0 Å². The number of rotatable bonds is 3. The molecule has 1 saturated heterocycles. The summed E-state index contributed by atoms with van der Waals surface area (Å²) in [4.78, 5) is 18.6. The van der Waals surface area contributed by atoms with Crippen LogP contribution in [0.15, 0.2) is 48.8 Å². The van der Waals surface area contributed by atoms with Crippen molar-refractivity contribution in [3.8, 4) is 0 Å². The predicted molar refractivity (Wildman–Crippen MR) is 87.9 cm³/mol. The van der Waals surface area contributed by atoms with Crippen LogP contribution in [0, 0.1) is 0 Å². The third-order valence-corrected chi connectivity index (χ3v) is 4.17. The van der Waals surface area contributed by atoms with Gasteiger partial charge in [-0.2, -0.15) is 9.61 Å². The molecular formula is C16H14ClN5O. The van der Waals surface area contributed by atoms with E-state index < -0.39 is 0 Å². The summed E-state index contributed by atoms with van der Waals surface area (Å²) in [5.74, 6) is 0.905. The molecule has 2 aromatic heterocycles. The van der Waals surface area contributed by atoms with Crippen molar-refractivity contribution in [2.75, 3.05) is 18.0 Å². The number of amides is 1. The first-order chi connectivity index (χ1) is 11.2. The van der Waals surface area contributed by atoms with Crippen LogP contribution < -0.4 is 10.2 Å². The highest BCUT2D eigenvalue weighted by Crippen LogP contribution is 2.21. The number of anilines is 1. The Morgan fingerprint density at radius 2 is 1.91 bits per heavy atom. The number of carbonyl (C=O) groups is 1. The summed E-state index contributed by atoms with van der Waals surface area (Å²) >= 11 is 5.83. The van der Waals surface area contributed by atoms with E-state index in [1.165, 1.54) is 0 Å². The molecule has 116 valence electrons. The molecule has 0 unspecified atom stereocenters. The monoisotopic (exact) mass is 327 g/mol. The normalized spacial score (nSPS) is 14.7. The zero-order valence-corrected chi connectivity index (χ0v) is 12.9. The minimum atomic E-state index is -0.0784. The molecule has 6 nitrogen and oxygen atoms in total. The molecule has 0 aliphatic carbocycles. The molecule has 1 amide bonds. The highest BCUT2D eigenvalue weighted by molar-refractivity contribution is 6.30. The standard InChI is InChI=1S/C16H14ClN5O/c17-12-3-1-11(2-4-12)16(23)20-13-9-21(10-13)15-6-7-18-14-5-8-19-22(14)15/h1-8,13H,9-10H2,(H,20,23). The fourth-order valence-electron chi connectivity index (χ4n) is 2.69. The van der Waals surface area contributed by atoms with E-state index in [1.54, 1.807) is 41.2 Å². The molecule has 0 spiro atoms. The van der Waals surface area contributed by atoms with Crippen molar-refractivity contribution in [2.24, 2.45) is 0 Å². The van der Waals surface area contributed by atoms with Gasteiger partial charge in [-0.25, -0.2) is 4.98 Å². The van der Waals surface area contributed by atoms with E-state index in [9.17, 15) is 4.79 Å². The van der Waals surface area contributed by atoms with E-state index in [0.717, 1.165) is 24.6 Å². The lowest BCUT2D eigenvalue weighted by atomic mass is 10.1. The van der Waals surface area contributed by atoms with Crippen LogP contribution in [0.4, 0.5) is 5.82 Å². The molecular weight excluding hydrogens is 314 g/mol. The van der Waals surface area contributed by atoms with Gasteiger partial charge in [-0.15, -0.1) is 0 Å². The summed E-state index contributed by atoms with van der Waals surface area (Å²) in [6.07, 6.45) is 3.50. The Morgan fingerprint density at radius 3 is 2.70 bits per heavy atom. The van der Waals surface area contributed by atoms with Gasteiger partial charge in [0.2, 0.25) is 0 Å². The Bertz CT molecular complexity index is 854. The Balaban J connectivity index is 1.41. The smallest absolute Gasteiger partial charge is 0.251 e. The average Bonchev–Trinajstić information content (AvgIpc) is 2.99. The molecule has 3 heterocycles. The van der Waals surface area contributed by atoms with Crippen LogP contribution >= 0.6 is 11.6 Å². The van der Waals surface area contributed by atoms with Crippen LogP contribution in [-0.2, 0) is 0 Å². The maximum atomic E-state index is 12.2. The zero-order valence-electron chi connectivity index (χ0n) is 12.2. The van der Waals surface area contributed by atoms with Crippen LogP contribution in [0.5, 0.6) is 0 Å². The van der Waals surface area contributed by atoms with Gasteiger partial charge in [0.25, 0.3) is 5.91 Å². The molecule has 4 rings (SSSR count). The molecule has 0 bridgehead atoms. The van der Waals surface area contributed by atoms with Gasteiger partial charge in [0, 0.05) is 35.9 Å². The highest BCUT2D eigenvalue weighted by Gasteiger charge is 2.30. The van der Waals surface area contributed by atoms with E-state index in [2.05, 4.69) is 20.3 Å². The minimum absolute atomic E-state index is 0.0784. The molecule has 1 aliphatic heterocycles. The number of hydrogen-bond donors (Lipinski definition) is 1. The van der Waals surface area contributed by atoms with Crippen molar-refractivity contribution in [2.45, 2.75) is 6.04 Å². The number of benzene rings is 1. The largest absolute Gasteiger partial charge is 0.352 e.